The highest BCUT2D eigenvalue weighted by molar-refractivity contribution is 7.80. The zero-order valence-electron chi connectivity index (χ0n) is 10.5. The molecule has 2 heteroatoms. The van der Waals surface area contributed by atoms with Crippen molar-refractivity contribution < 1.29 is 4.74 Å². The van der Waals surface area contributed by atoms with Gasteiger partial charge >= 0.3 is 0 Å². The maximum absolute atomic E-state index is 5.62. The number of benzene rings is 1. The fourth-order valence-corrected chi connectivity index (χ4v) is 2.25. The van der Waals surface area contributed by atoms with Crippen LogP contribution in [0.1, 0.15) is 43.7 Å². The zero-order chi connectivity index (χ0) is 12.0. The minimum atomic E-state index is 0.581. The van der Waals surface area contributed by atoms with E-state index in [1.807, 2.05) is 0 Å². The molecule has 1 unspecified atom stereocenters. The molecule has 0 saturated carbocycles. The van der Waals surface area contributed by atoms with E-state index in [1.54, 1.807) is 0 Å². The number of rotatable bonds is 6. The van der Waals surface area contributed by atoms with Crippen LogP contribution in [0.2, 0.25) is 0 Å². The Bertz CT molecular complexity index is 323. The lowest BCUT2D eigenvalue weighted by Gasteiger charge is -2.15. The van der Waals surface area contributed by atoms with Crippen LogP contribution in [0.4, 0.5) is 0 Å². The highest BCUT2D eigenvalue weighted by Crippen LogP contribution is 2.26. The number of aryl methyl sites for hydroxylation is 1. The molecule has 1 nitrogen and oxygen atoms in total. The van der Waals surface area contributed by atoms with Crippen LogP contribution in [0, 0.1) is 6.92 Å². The monoisotopic (exact) mass is 238 g/mol. The van der Waals surface area contributed by atoms with Crippen molar-refractivity contribution in [1.29, 1.82) is 0 Å². The highest BCUT2D eigenvalue weighted by Gasteiger charge is 2.08. The van der Waals surface area contributed by atoms with Crippen molar-refractivity contribution >= 4 is 12.6 Å². The first kappa shape index (κ1) is 13.4. The maximum Gasteiger partial charge on any atom is 0.119 e. The lowest BCUT2D eigenvalue weighted by atomic mass is 9.94. The van der Waals surface area contributed by atoms with Crippen molar-refractivity contribution in [2.75, 3.05) is 12.4 Å². The average Bonchev–Trinajstić information content (AvgIpc) is 2.26. The third kappa shape index (κ3) is 3.75. The van der Waals surface area contributed by atoms with Crippen molar-refractivity contribution in [2.24, 2.45) is 0 Å². The van der Waals surface area contributed by atoms with Crippen LogP contribution in [0.25, 0.3) is 0 Å². The Morgan fingerprint density at radius 3 is 2.69 bits per heavy atom. The van der Waals surface area contributed by atoms with E-state index in [1.165, 1.54) is 11.1 Å². The van der Waals surface area contributed by atoms with Gasteiger partial charge in [-0.25, -0.2) is 0 Å². The number of ether oxygens (including phenoxy) is 1. The molecule has 1 rings (SSSR count). The summed E-state index contributed by atoms with van der Waals surface area (Å²) in [6, 6.07) is 6.40. The molecule has 1 aromatic rings. The van der Waals surface area contributed by atoms with Crippen LogP contribution in [0.15, 0.2) is 18.2 Å². The number of hydrogen-bond donors (Lipinski definition) is 1. The molecule has 0 heterocycles. The SMILES string of the molecule is CCCOc1ccc(C(C)CCS)c(C)c1. The van der Waals surface area contributed by atoms with Gasteiger partial charge in [0.15, 0.2) is 0 Å². The van der Waals surface area contributed by atoms with Crippen LogP contribution in [0.3, 0.4) is 0 Å². The Kier molecular flexibility index (Phi) is 5.75. The molecule has 0 radical (unpaired) electrons. The van der Waals surface area contributed by atoms with Gasteiger partial charge < -0.3 is 4.74 Å². The number of hydrogen-bond acceptors (Lipinski definition) is 2. The molecule has 90 valence electrons. The van der Waals surface area contributed by atoms with Crippen LogP contribution in [-0.4, -0.2) is 12.4 Å². The van der Waals surface area contributed by atoms with Gasteiger partial charge in [-0.05, 0) is 54.7 Å². The molecule has 0 spiro atoms. The van der Waals surface area contributed by atoms with Gasteiger partial charge in [0, 0.05) is 0 Å². The molecule has 0 N–H and O–H groups in total. The molecule has 16 heavy (non-hydrogen) atoms. The van der Waals surface area contributed by atoms with Crippen molar-refractivity contribution in [3.05, 3.63) is 29.3 Å². The van der Waals surface area contributed by atoms with Crippen molar-refractivity contribution in [1.82, 2.24) is 0 Å². The van der Waals surface area contributed by atoms with Gasteiger partial charge in [-0.3, -0.25) is 0 Å². The molecule has 1 atom stereocenters. The van der Waals surface area contributed by atoms with Gasteiger partial charge in [0.25, 0.3) is 0 Å². The first-order valence-electron chi connectivity index (χ1n) is 6.03. The topological polar surface area (TPSA) is 9.23 Å². The van der Waals surface area contributed by atoms with Crippen LogP contribution in [-0.2, 0) is 0 Å². The quantitative estimate of drug-likeness (QED) is 0.731. The Balaban J connectivity index is 2.74. The average molecular weight is 238 g/mol. The predicted octanol–water partition coefficient (Wildman–Crippen LogP) is 4.21. The second-order valence-electron chi connectivity index (χ2n) is 4.28. The van der Waals surface area contributed by atoms with E-state index in [4.69, 9.17) is 4.74 Å². The summed E-state index contributed by atoms with van der Waals surface area (Å²) in [5.41, 5.74) is 2.74. The smallest absolute Gasteiger partial charge is 0.119 e. The first-order chi connectivity index (χ1) is 7.69. The van der Waals surface area contributed by atoms with E-state index >= 15 is 0 Å². The lowest BCUT2D eigenvalue weighted by molar-refractivity contribution is 0.317. The molecule has 0 aliphatic rings. The zero-order valence-corrected chi connectivity index (χ0v) is 11.4. The van der Waals surface area contributed by atoms with E-state index in [9.17, 15) is 0 Å². The largest absolute Gasteiger partial charge is 0.494 e. The third-order valence-electron chi connectivity index (χ3n) is 2.81. The Hall–Kier alpha value is -0.630. The second kappa shape index (κ2) is 6.85. The van der Waals surface area contributed by atoms with Crippen molar-refractivity contribution in [2.45, 2.75) is 39.5 Å². The maximum atomic E-state index is 5.62. The van der Waals surface area contributed by atoms with Crippen molar-refractivity contribution in [3.8, 4) is 5.75 Å². The van der Waals surface area contributed by atoms with E-state index in [0.717, 1.165) is 31.0 Å². The normalized spacial score (nSPS) is 12.5. The van der Waals surface area contributed by atoms with Crippen LogP contribution < -0.4 is 4.74 Å². The summed E-state index contributed by atoms with van der Waals surface area (Å²) in [5, 5.41) is 0. The van der Waals surface area contributed by atoms with E-state index in [-0.39, 0.29) is 0 Å². The summed E-state index contributed by atoms with van der Waals surface area (Å²) in [5.74, 6) is 2.51. The fourth-order valence-electron chi connectivity index (χ4n) is 1.86. The summed E-state index contributed by atoms with van der Waals surface area (Å²) in [7, 11) is 0. The minimum absolute atomic E-state index is 0.581. The fraction of sp³-hybridized carbons (Fsp3) is 0.571. The standard InChI is InChI=1S/C14H22OS/c1-4-8-15-13-5-6-14(12(3)10-13)11(2)7-9-16/h5-6,10-11,16H,4,7-9H2,1-3H3. The Labute approximate surface area is 105 Å². The lowest BCUT2D eigenvalue weighted by Crippen LogP contribution is -2.00. The molecule has 0 fully saturated rings. The van der Waals surface area contributed by atoms with Gasteiger partial charge in [0.05, 0.1) is 6.61 Å². The third-order valence-corrected chi connectivity index (χ3v) is 3.07. The van der Waals surface area contributed by atoms with Crippen molar-refractivity contribution in [3.63, 3.8) is 0 Å². The summed E-state index contributed by atoms with van der Waals surface area (Å²) in [4.78, 5) is 0. The van der Waals surface area contributed by atoms with Gasteiger partial charge in [-0.2, -0.15) is 12.6 Å². The molecule has 0 amide bonds. The van der Waals surface area contributed by atoms with Gasteiger partial charge in [0.1, 0.15) is 5.75 Å². The van der Waals surface area contributed by atoms with E-state index < -0.39 is 0 Å². The molecule has 0 saturated heterocycles. The van der Waals surface area contributed by atoms with Crippen LogP contribution >= 0.6 is 12.6 Å². The molecule has 0 aliphatic carbocycles. The number of thiol groups is 1. The van der Waals surface area contributed by atoms with E-state index in [2.05, 4.69) is 51.6 Å². The summed E-state index contributed by atoms with van der Waals surface area (Å²) >= 11 is 4.29. The predicted molar refractivity (Wildman–Crippen MR) is 73.9 cm³/mol. The summed E-state index contributed by atoms with van der Waals surface area (Å²) < 4.78 is 5.62. The molecular weight excluding hydrogens is 216 g/mol. The van der Waals surface area contributed by atoms with E-state index in [0.29, 0.717) is 5.92 Å². The second-order valence-corrected chi connectivity index (χ2v) is 4.73. The molecule has 0 aliphatic heterocycles. The minimum Gasteiger partial charge on any atom is -0.494 e. The van der Waals surface area contributed by atoms with Gasteiger partial charge in [-0.1, -0.05) is 19.9 Å². The van der Waals surface area contributed by atoms with Gasteiger partial charge in [-0.15, -0.1) is 0 Å². The van der Waals surface area contributed by atoms with Crippen LogP contribution in [0.5, 0.6) is 5.75 Å². The highest BCUT2D eigenvalue weighted by atomic mass is 32.1. The molecule has 1 aromatic carbocycles. The Morgan fingerprint density at radius 1 is 1.38 bits per heavy atom. The summed E-state index contributed by atoms with van der Waals surface area (Å²) in [6.07, 6.45) is 2.18. The van der Waals surface area contributed by atoms with Gasteiger partial charge in [0.2, 0.25) is 0 Å². The Morgan fingerprint density at radius 2 is 2.12 bits per heavy atom. The summed E-state index contributed by atoms with van der Waals surface area (Å²) in [6.45, 7) is 7.33. The molecular formula is C14H22OS. The first-order valence-corrected chi connectivity index (χ1v) is 6.66. The molecule has 0 aromatic heterocycles. The molecule has 0 bridgehead atoms.